The summed E-state index contributed by atoms with van der Waals surface area (Å²) in [5.74, 6) is 5.93. The average Bonchev–Trinajstić information content (AvgIpc) is 3.37. The quantitative estimate of drug-likeness (QED) is 0.235. The van der Waals surface area contributed by atoms with Gasteiger partial charge in [0.1, 0.15) is 6.54 Å². The summed E-state index contributed by atoms with van der Waals surface area (Å²) in [5, 5.41) is 16.6. The average molecular weight is 628 g/mol. The second kappa shape index (κ2) is 14.1. The SMILES string of the molecule is CC(C)(C#N)c1ccc(NCC#Cc2cc3cc(CNC4CCN(C(=O)Cc5cccnc5)CC4)ccc3n2CC(F)(F)F)cn1. The lowest BCUT2D eigenvalue weighted by molar-refractivity contribution is -0.140. The van der Waals surface area contributed by atoms with Gasteiger partial charge in [0, 0.05) is 49.0 Å². The third-order valence-corrected chi connectivity index (χ3v) is 8.10. The molecule has 0 radical (unpaired) electrons. The number of hydrogen-bond acceptors (Lipinski definition) is 6. The van der Waals surface area contributed by atoms with Gasteiger partial charge < -0.3 is 20.1 Å². The van der Waals surface area contributed by atoms with Crippen LogP contribution in [0.15, 0.2) is 67.1 Å². The molecule has 8 nitrogen and oxygen atoms in total. The number of nitrogens with one attached hydrogen (secondary N) is 2. The van der Waals surface area contributed by atoms with E-state index in [0.717, 1.165) is 24.0 Å². The Balaban J connectivity index is 1.19. The van der Waals surface area contributed by atoms with Gasteiger partial charge in [0.15, 0.2) is 0 Å². The molecule has 0 aliphatic carbocycles. The summed E-state index contributed by atoms with van der Waals surface area (Å²) in [7, 11) is 0. The van der Waals surface area contributed by atoms with Crippen LogP contribution in [0, 0.1) is 23.2 Å². The number of fused-ring (bicyclic) bond motifs is 1. The van der Waals surface area contributed by atoms with Crippen molar-refractivity contribution in [1.82, 2.24) is 24.8 Å². The summed E-state index contributed by atoms with van der Waals surface area (Å²) >= 11 is 0. The molecule has 1 aromatic carbocycles. The van der Waals surface area contributed by atoms with Gasteiger partial charge in [0.25, 0.3) is 0 Å². The Hall–Kier alpha value is -4.87. The van der Waals surface area contributed by atoms with E-state index in [2.05, 4.69) is 38.5 Å². The Bertz CT molecular complexity index is 1760. The van der Waals surface area contributed by atoms with Crippen molar-refractivity contribution in [2.24, 2.45) is 0 Å². The molecule has 46 heavy (non-hydrogen) atoms. The number of aromatic nitrogens is 3. The van der Waals surface area contributed by atoms with Crippen LogP contribution in [0.1, 0.15) is 49.2 Å². The van der Waals surface area contributed by atoms with Crippen LogP contribution < -0.4 is 10.6 Å². The van der Waals surface area contributed by atoms with Gasteiger partial charge in [-0.25, -0.2) is 0 Å². The van der Waals surface area contributed by atoms with Gasteiger partial charge in [-0.15, -0.1) is 0 Å². The van der Waals surface area contributed by atoms with Crippen LogP contribution in [0.4, 0.5) is 18.9 Å². The zero-order valence-corrected chi connectivity index (χ0v) is 25.9. The predicted octanol–water partition coefficient (Wildman–Crippen LogP) is 5.58. The molecule has 11 heteroatoms. The third-order valence-electron chi connectivity index (χ3n) is 8.10. The number of likely N-dealkylation sites (tertiary alicyclic amines) is 1. The Morgan fingerprint density at radius 3 is 2.54 bits per heavy atom. The number of amides is 1. The van der Waals surface area contributed by atoms with Crippen molar-refractivity contribution >= 4 is 22.5 Å². The first-order valence-corrected chi connectivity index (χ1v) is 15.2. The topological polar surface area (TPSA) is 98.9 Å². The second-order valence-corrected chi connectivity index (χ2v) is 12.0. The highest BCUT2D eigenvalue weighted by atomic mass is 19.4. The number of rotatable bonds is 9. The Kier molecular flexibility index (Phi) is 9.93. The smallest absolute Gasteiger partial charge is 0.373 e. The number of carbonyl (C=O) groups excluding carboxylic acids is 1. The van der Waals surface area contributed by atoms with Gasteiger partial charge >= 0.3 is 6.18 Å². The van der Waals surface area contributed by atoms with E-state index >= 15 is 0 Å². The predicted molar refractivity (Wildman–Crippen MR) is 171 cm³/mol. The number of benzene rings is 1. The molecule has 0 spiro atoms. The minimum atomic E-state index is -4.40. The third kappa shape index (κ3) is 8.43. The summed E-state index contributed by atoms with van der Waals surface area (Å²) in [6.45, 7) is 4.56. The number of carbonyl (C=O) groups is 1. The fourth-order valence-electron chi connectivity index (χ4n) is 5.47. The molecule has 1 aliphatic heterocycles. The number of nitriles is 1. The van der Waals surface area contributed by atoms with Crippen molar-refractivity contribution in [1.29, 1.82) is 5.26 Å². The van der Waals surface area contributed by atoms with Crippen molar-refractivity contribution in [3.8, 4) is 17.9 Å². The van der Waals surface area contributed by atoms with Gasteiger partial charge in [0.2, 0.25) is 5.91 Å². The second-order valence-electron chi connectivity index (χ2n) is 12.0. The molecule has 1 saturated heterocycles. The fourth-order valence-corrected chi connectivity index (χ4v) is 5.47. The van der Waals surface area contributed by atoms with Gasteiger partial charge in [-0.1, -0.05) is 18.1 Å². The normalized spacial score (nSPS) is 14.0. The van der Waals surface area contributed by atoms with Crippen molar-refractivity contribution < 1.29 is 18.0 Å². The first-order valence-electron chi connectivity index (χ1n) is 15.2. The maximum absolute atomic E-state index is 13.5. The first kappa shape index (κ1) is 32.5. The van der Waals surface area contributed by atoms with E-state index in [4.69, 9.17) is 0 Å². The summed E-state index contributed by atoms with van der Waals surface area (Å²) in [5.41, 5.74) is 3.25. The largest absolute Gasteiger partial charge is 0.406 e. The standard InChI is InChI=1S/C35H36F3N7O/c1-34(2,23-39)32-10-8-29(22-43-32)41-14-4-6-30-19-27-17-26(7-9-31(27)45(30)24-35(36,37)38)21-42-28-11-15-44(16-12-28)33(46)18-25-5-3-13-40-20-25/h3,5,7-10,13,17,19-20,22,28,41-42H,11-12,14-16,18,21,24H2,1-2H3. The minimum Gasteiger partial charge on any atom is -0.373 e. The first-order chi connectivity index (χ1) is 22.0. The highest BCUT2D eigenvalue weighted by molar-refractivity contribution is 5.83. The number of piperidine rings is 1. The fraction of sp³-hybridized carbons (Fsp3) is 0.371. The molecular weight excluding hydrogens is 591 g/mol. The maximum Gasteiger partial charge on any atom is 0.406 e. The van der Waals surface area contributed by atoms with E-state index in [-0.39, 0.29) is 24.2 Å². The maximum atomic E-state index is 13.5. The molecular formula is C35H36F3N7O. The van der Waals surface area contributed by atoms with E-state index in [1.54, 1.807) is 56.7 Å². The number of pyridine rings is 2. The summed E-state index contributed by atoms with van der Waals surface area (Å²) in [6, 6.07) is 16.9. The monoisotopic (exact) mass is 627 g/mol. The lowest BCUT2D eigenvalue weighted by Crippen LogP contribution is -2.45. The van der Waals surface area contributed by atoms with E-state index in [0.29, 0.717) is 48.3 Å². The highest BCUT2D eigenvalue weighted by Gasteiger charge is 2.30. The van der Waals surface area contributed by atoms with Crippen molar-refractivity contribution in [3.05, 3.63) is 89.6 Å². The molecule has 1 amide bonds. The van der Waals surface area contributed by atoms with E-state index < -0.39 is 18.1 Å². The molecule has 2 N–H and O–H groups in total. The van der Waals surface area contributed by atoms with E-state index in [9.17, 15) is 23.2 Å². The van der Waals surface area contributed by atoms with E-state index in [1.807, 2.05) is 29.2 Å². The van der Waals surface area contributed by atoms with Crippen LogP contribution in [0.3, 0.4) is 0 Å². The number of nitrogens with zero attached hydrogens (tertiary/aromatic N) is 5. The lowest BCUT2D eigenvalue weighted by Gasteiger charge is -2.32. The molecule has 1 aliphatic rings. The molecule has 0 saturated carbocycles. The van der Waals surface area contributed by atoms with Crippen LogP contribution >= 0.6 is 0 Å². The van der Waals surface area contributed by atoms with Crippen LogP contribution in [-0.4, -0.2) is 57.2 Å². The van der Waals surface area contributed by atoms with Crippen LogP contribution in [0.5, 0.6) is 0 Å². The summed E-state index contributed by atoms with van der Waals surface area (Å²) in [6.07, 6.45) is 2.61. The van der Waals surface area contributed by atoms with Crippen molar-refractivity contribution in [2.75, 3.05) is 25.0 Å². The Labute approximate surface area is 266 Å². The molecule has 238 valence electrons. The van der Waals surface area contributed by atoms with Crippen molar-refractivity contribution in [3.63, 3.8) is 0 Å². The summed E-state index contributed by atoms with van der Waals surface area (Å²) < 4.78 is 41.8. The molecule has 3 aromatic heterocycles. The van der Waals surface area contributed by atoms with E-state index in [1.165, 1.54) is 4.57 Å². The molecule has 0 bridgehead atoms. The molecule has 1 fully saturated rings. The zero-order valence-electron chi connectivity index (χ0n) is 25.9. The van der Waals surface area contributed by atoms with Gasteiger partial charge in [-0.05, 0) is 80.1 Å². The molecule has 5 rings (SSSR count). The number of halogens is 3. The van der Waals surface area contributed by atoms with Crippen LogP contribution in [-0.2, 0) is 29.7 Å². The van der Waals surface area contributed by atoms with Gasteiger partial charge in [-0.3, -0.25) is 14.8 Å². The number of hydrogen-bond donors (Lipinski definition) is 2. The summed E-state index contributed by atoms with van der Waals surface area (Å²) in [4.78, 5) is 23.0. The Morgan fingerprint density at radius 2 is 1.87 bits per heavy atom. The van der Waals surface area contributed by atoms with Gasteiger partial charge in [-0.2, -0.15) is 18.4 Å². The van der Waals surface area contributed by atoms with Gasteiger partial charge in [0.05, 0.1) is 47.7 Å². The molecule has 4 aromatic rings. The van der Waals surface area contributed by atoms with Crippen LogP contribution in [0.25, 0.3) is 10.9 Å². The van der Waals surface area contributed by atoms with Crippen LogP contribution in [0.2, 0.25) is 0 Å². The number of anilines is 1. The van der Waals surface area contributed by atoms with Crippen molar-refractivity contribution in [2.45, 2.75) is 63.8 Å². The highest BCUT2D eigenvalue weighted by Crippen LogP contribution is 2.27. The lowest BCUT2D eigenvalue weighted by atomic mass is 9.91. The zero-order chi connectivity index (χ0) is 32.7. The Morgan fingerprint density at radius 1 is 1.07 bits per heavy atom. The number of alkyl halides is 3. The molecule has 4 heterocycles. The minimum absolute atomic E-state index is 0.0988. The molecule has 0 unspecified atom stereocenters. The molecule has 0 atom stereocenters.